The predicted octanol–water partition coefficient (Wildman–Crippen LogP) is 4.30. The van der Waals surface area contributed by atoms with Crippen molar-refractivity contribution in [3.8, 4) is 5.75 Å². The summed E-state index contributed by atoms with van der Waals surface area (Å²) in [5.74, 6) is 1.84. The van der Waals surface area contributed by atoms with Gasteiger partial charge in [-0.15, -0.1) is 11.3 Å². The average molecular weight is 416 g/mol. The molecule has 0 radical (unpaired) electrons. The molecule has 2 aromatic rings. The van der Waals surface area contributed by atoms with Crippen LogP contribution in [0.3, 0.4) is 0 Å². The number of methoxy groups -OCH3 is 1. The quantitative estimate of drug-likeness (QED) is 0.645. The number of carbonyl (C=O) groups excluding carboxylic acids is 1. The predicted molar refractivity (Wildman–Crippen MR) is 119 cm³/mol. The minimum absolute atomic E-state index is 0.0700. The zero-order valence-electron chi connectivity index (χ0n) is 18.1. The molecule has 0 unspecified atom stereocenters. The summed E-state index contributed by atoms with van der Waals surface area (Å²) in [6.45, 7) is 7.99. The number of ether oxygens (including phenoxy) is 1. The van der Waals surface area contributed by atoms with Crippen LogP contribution < -0.4 is 4.74 Å². The minimum Gasteiger partial charge on any atom is -0.497 e. The summed E-state index contributed by atoms with van der Waals surface area (Å²) in [5.41, 5.74) is 1.81. The molecule has 3 rings (SSSR count). The van der Waals surface area contributed by atoms with E-state index in [1.807, 2.05) is 22.4 Å². The first kappa shape index (κ1) is 21.8. The largest absolute Gasteiger partial charge is 0.497 e. The Morgan fingerprint density at radius 2 is 1.97 bits per heavy atom. The Labute approximate surface area is 178 Å². The maximum Gasteiger partial charge on any atom is 0.273 e. The van der Waals surface area contributed by atoms with Gasteiger partial charge in [-0.05, 0) is 63.0 Å². The molecule has 1 amide bonds. The molecule has 0 atom stereocenters. The lowest BCUT2D eigenvalue weighted by Crippen LogP contribution is -2.41. The highest BCUT2D eigenvalue weighted by molar-refractivity contribution is 7.09. The Hall–Kier alpha value is -1.92. The molecule has 0 saturated carbocycles. The molecular weight excluding hydrogens is 382 g/mol. The number of hydrogen-bond donors (Lipinski definition) is 0. The molecule has 1 saturated heterocycles. The van der Waals surface area contributed by atoms with Gasteiger partial charge in [-0.2, -0.15) is 0 Å². The van der Waals surface area contributed by atoms with Crippen LogP contribution in [0, 0.1) is 5.92 Å². The number of piperidine rings is 1. The lowest BCUT2D eigenvalue weighted by atomic mass is 9.96. The van der Waals surface area contributed by atoms with E-state index in [2.05, 4.69) is 42.9 Å². The Bertz CT molecular complexity index is 780. The summed E-state index contributed by atoms with van der Waals surface area (Å²) in [6, 6.07) is 8.12. The molecule has 1 aliphatic rings. The van der Waals surface area contributed by atoms with E-state index in [0.29, 0.717) is 24.1 Å². The van der Waals surface area contributed by atoms with Crippen molar-refractivity contribution in [1.82, 2.24) is 14.8 Å². The molecule has 6 heteroatoms. The van der Waals surface area contributed by atoms with Crippen LogP contribution in [-0.2, 0) is 6.42 Å². The molecule has 5 nitrogen and oxygen atoms in total. The fraction of sp³-hybridized carbons (Fsp3) is 0.565. The monoisotopic (exact) mass is 415 g/mol. The van der Waals surface area contributed by atoms with Crippen molar-refractivity contribution in [3.05, 3.63) is 45.9 Å². The third kappa shape index (κ3) is 6.03. The molecule has 1 aliphatic heterocycles. The smallest absolute Gasteiger partial charge is 0.273 e. The number of amides is 1. The van der Waals surface area contributed by atoms with Crippen molar-refractivity contribution >= 4 is 17.2 Å². The molecule has 0 aliphatic carbocycles. The highest BCUT2D eigenvalue weighted by Crippen LogP contribution is 2.23. The van der Waals surface area contributed by atoms with E-state index >= 15 is 0 Å². The zero-order valence-corrected chi connectivity index (χ0v) is 18.9. The second-order valence-electron chi connectivity index (χ2n) is 8.32. The Morgan fingerprint density at radius 3 is 2.55 bits per heavy atom. The molecule has 1 aromatic heterocycles. The number of hydrogen-bond acceptors (Lipinski definition) is 5. The van der Waals surface area contributed by atoms with Gasteiger partial charge in [0.25, 0.3) is 5.91 Å². The Morgan fingerprint density at radius 1 is 1.28 bits per heavy atom. The number of rotatable bonds is 8. The number of nitrogens with zero attached hydrogens (tertiary/aromatic N) is 3. The van der Waals surface area contributed by atoms with Crippen molar-refractivity contribution in [3.63, 3.8) is 0 Å². The zero-order chi connectivity index (χ0) is 20.8. The highest BCUT2D eigenvalue weighted by atomic mass is 32.1. The molecule has 158 valence electrons. The van der Waals surface area contributed by atoms with Gasteiger partial charge in [0.2, 0.25) is 0 Å². The van der Waals surface area contributed by atoms with Gasteiger partial charge in [-0.1, -0.05) is 26.0 Å². The second-order valence-corrected chi connectivity index (χ2v) is 9.21. The summed E-state index contributed by atoms with van der Waals surface area (Å²) < 4.78 is 5.25. The highest BCUT2D eigenvalue weighted by Gasteiger charge is 2.25. The number of carbonyl (C=O) groups is 1. The van der Waals surface area contributed by atoms with E-state index in [0.717, 1.165) is 49.7 Å². The summed E-state index contributed by atoms with van der Waals surface area (Å²) in [4.78, 5) is 22.3. The normalized spacial score (nSPS) is 15.6. The third-order valence-corrected chi connectivity index (χ3v) is 6.81. The molecule has 1 fully saturated rings. The Balaban J connectivity index is 1.69. The summed E-state index contributed by atoms with van der Waals surface area (Å²) in [7, 11) is 3.85. The number of benzene rings is 1. The van der Waals surface area contributed by atoms with E-state index in [-0.39, 0.29) is 5.91 Å². The van der Waals surface area contributed by atoms with Gasteiger partial charge in [-0.3, -0.25) is 4.79 Å². The first-order valence-corrected chi connectivity index (χ1v) is 11.4. The number of thiazole rings is 1. The fourth-order valence-corrected chi connectivity index (χ4v) is 4.51. The SMILES string of the molecule is COc1ccc(CCN(CC2CCN(C)CC2)C(=O)c2csc(C(C)C)n2)cc1. The van der Waals surface area contributed by atoms with Crippen molar-refractivity contribution in [1.29, 1.82) is 0 Å². The molecule has 29 heavy (non-hydrogen) atoms. The van der Waals surface area contributed by atoms with Crippen LogP contribution in [0.5, 0.6) is 5.75 Å². The van der Waals surface area contributed by atoms with Crippen LogP contribution in [0.15, 0.2) is 29.6 Å². The standard InChI is InChI=1S/C23H33N3O2S/c1-17(2)22-24-21(16-29-22)23(27)26(15-19-9-12-25(3)13-10-19)14-11-18-5-7-20(28-4)8-6-18/h5-8,16-17,19H,9-15H2,1-4H3. The maximum absolute atomic E-state index is 13.3. The van der Waals surface area contributed by atoms with Gasteiger partial charge in [-0.25, -0.2) is 4.98 Å². The fourth-order valence-electron chi connectivity index (χ4n) is 3.70. The van der Waals surface area contributed by atoms with Gasteiger partial charge in [0.05, 0.1) is 12.1 Å². The van der Waals surface area contributed by atoms with Crippen molar-refractivity contribution in [2.45, 2.75) is 39.0 Å². The molecule has 1 aromatic carbocycles. The van der Waals surface area contributed by atoms with Gasteiger partial charge in [0, 0.05) is 24.4 Å². The van der Waals surface area contributed by atoms with E-state index < -0.39 is 0 Å². The lowest BCUT2D eigenvalue weighted by Gasteiger charge is -2.33. The van der Waals surface area contributed by atoms with Gasteiger partial charge in [0.1, 0.15) is 11.4 Å². The maximum atomic E-state index is 13.3. The molecular formula is C23H33N3O2S. The van der Waals surface area contributed by atoms with Crippen LogP contribution in [-0.4, -0.2) is 61.0 Å². The lowest BCUT2D eigenvalue weighted by molar-refractivity contribution is 0.0695. The Kier molecular flexibility index (Phi) is 7.67. The van der Waals surface area contributed by atoms with Gasteiger partial charge >= 0.3 is 0 Å². The van der Waals surface area contributed by atoms with E-state index in [1.165, 1.54) is 5.56 Å². The summed E-state index contributed by atoms with van der Waals surface area (Å²) in [6.07, 6.45) is 3.14. The van der Waals surface area contributed by atoms with E-state index in [1.54, 1.807) is 18.4 Å². The van der Waals surface area contributed by atoms with Crippen LogP contribution in [0.2, 0.25) is 0 Å². The van der Waals surface area contributed by atoms with Gasteiger partial charge < -0.3 is 14.5 Å². The van der Waals surface area contributed by atoms with Crippen molar-refractivity contribution in [2.75, 3.05) is 40.3 Å². The summed E-state index contributed by atoms with van der Waals surface area (Å²) >= 11 is 1.59. The van der Waals surface area contributed by atoms with Crippen LogP contribution in [0.4, 0.5) is 0 Å². The first-order chi connectivity index (χ1) is 14.0. The van der Waals surface area contributed by atoms with Crippen molar-refractivity contribution in [2.24, 2.45) is 5.92 Å². The average Bonchev–Trinajstić information content (AvgIpc) is 3.23. The molecule has 2 heterocycles. The minimum atomic E-state index is 0.0700. The topological polar surface area (TPSA) is 45.7 Å². The number of likely N-dealkylation sites (tertiary alicyclic amines) is 1. The first-order valence-electron chi connectivity index (χ1n) is 10.5. The molecule has 0 spiro atoms. The van der Waals surface area contributed by atoms with Crippen LogP contribution in [0.25, 0.3) is 0 Å². The molecule has 0 N–H and O–H groups in total. The summed E-state index contributed by atoms with van der Waals surface area (Å²) in [5, 5.41) is 2.95. The van der Waals surface area contributed by atoms with E-state index in [4.69, 9.17) is 4.74 Å². The van der Waals surface area contributed by atoms with Crippen LogP contribution >= 0.6 is 11.3 Å². The second kappa shape index (κ2) is 10.2. The van der Waals surface area contributed by atoms with Crippen LogP contribution in [0.1, 0.15) is 53.7 Å². The van der Waals surface area contributed by atoms with Crippen molar-refractivity contribution < 1.29 is 9.53 Å². The van der Waals surface area contributed by atoms with Gasteiger partial charge in [0.15, 0.2) is 0 Å². The number of aromatic nitrogens is 1. The molecule has 0 bridgehead atoms. The third-order valence-electron chi connectivity index (χ3n) is 5.67. The van der Waals surface area contributed by atoms with E-state index in [9.17, 15) is 4.79 Å².